The predicted molar refractivity (Wildman–Crippen MR) is 90.7 cm³/mol. The van der Waals surface area contributed by atoms with Crippen LogP contribution in [0.5, 0.6) is 0 Å². The Morgan fingerprint density at radius 2 is 2.21 bits per heavy atom. The van der Waals surface area contributed by atoms with Gasteiger partial charge in [0.2, 0.25) is 5.91 Å². The van der Waals surface area contributed by atoms with Crippen molar-refractivity contribution in [1.82, 2.24) is 9.88 Å². The van der Waals surface area contributed by atoms with E-state index in [4.69, 9.17) is 16.9 Å². The van der Waals surface area contributed by atoms with E-state index in [1.807, 2.05) is 30.3 Å². The highest BCUT2D eigenvalue weighted by Gasteiger charge is 2.22. The van der Waals surface area contributed by atoms with Crippen LogP contribution in [0.15, 0.2) is 35.1 Å². The van der Waals surface area contributed by atoms with Crippen LogP contribution in [0.4, 0.5) is 0 Å². The molecule has 0 spiro atoms. The number of hydrogen-bond donors (Lipinski definition) is 1. The number of H-pyrrole nitrogens is 1. The SMILES string of the molecule is N#Cc1cc2c([nH]c1=O)CCN(C(=O)CCc1cccc(Cl)c1)C2. The summed E-state index contributed by atoms with van der Waals surface area (Å²) in [6.45, 7) is 0.998. The van der Waals surface area contributed by atoms with Gasteiger partial charge in [0.15, 0.2) is 0 Å². The highest BCUT2D eigenvalue weighted by Crippen LogP contribution is 2.18. The predicted octanol–water partition coefficient (Wildman–Crippen LogP) is 2.42. The number of carbonyl (C=O) groups excluding carboxylic acids is 1. The van der Waals surface area contributed by atoms with Gasteiger partial charge >= 0.3 is 0 Å². The number of nitrogens with zero attached hydrogens (tertiary/aromatic N) is 2. The molecule has 24 heavy (non-hydrogen) atoms. The van der Waals surface area contributed by atoms with E-state index in [9.17, 15) is 9.59 Å². The number of nitrogens with one attached hydrogen (secondary N) is 1. The Labute approximate surface area is 144 Å². The molecule has 0 fully saturated rings. The van der Waals surface area contributed by atoms with E-state index < -0.39 is 0 Å². The molecule has 1 aliphatic rings. The van der Waals surface area contributed by atoms with Crippen LogP contribution < -0.4 is 5.56 Å². The average Bonchev–Trinajstić information content (AvgIpc) is 2.58. The Morgan fingerprint density at radius 3 is 2.96 bits per heavy atom. The van der Waals surface area contributed by atoms with Crippen molar-refractivity contribution in [3.63, 3.8) is 0 Å². The zero-order valence-corrected chi connectivity index (χ0v) is 13.8. The van der Waals surface area contributed by atoms with Gasteiger partial charge < -0.3 is 9.88 Å². The molecule has 1 aromatic heterocycles. The molecule has 0 bridgehead atoms. The summed E-state index contributed by atoms with van der Waals surface area (Å²) in [6, 6.07) is 11.0. The molecule has 0 saturated carbocycles. The highest BCUT2D eigenvalue weighted by molar-refractivity contribution is 6.30. The minimum Gasteiger partial charge on any atom is -0.338 e. The Bertz CT molecular complexity index is 883. The molecule has 122 valence electrons. The lowest BCUT2D eigenvalue weighted by atomic mass is 10.0. The Hall–Kier alpha value is -2.58. The number of fused-ring (bicyclic) bond motifs is 1. The van der Waals surface area contributed by atoms with E-state index in [2.05, 4.69) is 4.98 Å². The standard InChI is InChI=1S/C18H16ClN3O2/c19-15-3-1-2-12(8-15)4-5-17(23)22-7-6-16-14(11-22)9-13(10-20)18(24)21-16/h1-3,8-9H,4-7,11H2,(H,21,24). The molecule has 2 aromatic rings. The summed E-state index contributed by atoms with van der Waals surface area (Å²) in [6.07, 6.45) is 1.64. The lowest BCUT2D eigenvalue weighted by Gasteiger charge is -2.28. The maximum Gasteiger partial charge on any atom is 0.266 e. The van der Waals surface area contributed by atoms with E-state index in [-0.39, 0.29) is 17.0 Å². The zero-order chi connectivity index (χ0) is 17.1. The number of aromatic nitrogens is 1. The lowest BCUT2D eigenvalue weighted by molar-refractivity contribution is -0.132. The van der Waals surface area contributed by atoms with Crippen molar-refractivity contribution < 1.29 is 4.79 Å². The van der Waals surface area contributed by atoms with Gasteiger partial charge in [-0.1, -0.05) is 23.7 Å². The normalized spacial score (nSPS) is 13.2. The van der Waals surface area contributed by atoms with E-state index >= 15 is 0 Å². The Morgan fingerprint density at radius 1 is 1.38 bits per heavy atom. The van der Waals surface area contributed by atoms with Gasteiger partial charge in [0.05, 0.1) is 0 Å². The molecule has 3 rings (SSSR count). The number of aryl methyl sites for hydroxylation is 1. The van der Waals surface area contributed by atoms with Gasteiger partial charge in [-0.15, -0.1) is 0 Å². The van der Waals surface area contributed by atoms with Gasteiger partial charge in [0.25, 0.3) is 5.56 Å². The molecule has 6 heteroatoms. The molecule has 0 saturated heterocycles. The Balaban J connectivity index is 1.67. The van der Waals surface area contributed by atoms with Crippen LogP contribution in [-0.2, 0) is 24.2 Å². The zero-order valence-electron chi connectivity index (χ0n) is 13.0. The smallest absolute Gasteiger partial charge is 0.266 e. The largest absolute Gasteiger partial charge is 0.338 e. The molecular weight excluding hydrogens is 326 g/mol. The second-order valence-electron chi connectivity index (χ2n) is 5.82. The van der Waals surface area contributed by atoms with Crippen LogP contribution in [0, 0.1) is 11.3 Å². The number of halogens is 1. The van der Waals surface area contributed by atoms with E-state index in [1.165, 1.54) is 0 Å². The van der Waals surface area contributed by atoms with Gasteiger partial charge in [0.1, 0.15) is 11.6 Å². The van der Waals surface area contributed by atoms with Crippen molar-refractivity contribution in [3.8, 4) is 6.07 Å². The summed E-state index contributed by atoms with van der Waals surface area (Å²) in [7, 11) is 0. The van der Waals surface area contributed by atoms with E-state index in [0.29, 0.717) is 37.4 Å². The second-order valence-corrected chi connectivity index (χ2v) is 6.26. The fourth-order valence-corrected chi connectivity index (χ4v) is 3.12. The first-order valence-corrected chi connectivity index (χ1v) is 8.12. The highest BCUT2D eigenvalue weighted by atomic mass is 35.5. The topological polar surface area (TPSA) is 77.0 Å². The molecule has 5 nitrogen and oxygen atoms in total. The molecule has 2 heterocycles. The first-order chi connectivity index (χ1) is 11.6. The summed E-state index contributed by atoms with van der Waals surface area (Å²) in [5.74, 6) is 0.0605. The van der Waals surface area contributed by atoms with Gasteiger partial charge in [-0.2, -0.15) is 5.26 Å². The third-order valence-electron chi connectivity index (χ3n) is 4.20. The monoisotopic (exact) mass is 341 g/mol. The summed E-state index contributed by atoms with van der Waals surface area (Å²) < 4.78 is 0. The third-order valence-corrected chi connectivity index (χ3v) is 4.43. The van der Waals surface area contributed by atoms with Crippen LogP contribution >= 0.6 is 11.6 Å². The summed E-state index contributed by atoms with van der Waals surface area (Å²) in [4.78, 5) is 28.6. The van der Waals surface area contributed by atoms with Crippen molar-refractivity contribution in [2.24, 2.45) is 0 Å². The van der Waals surface area contributed by atoms with Crippen molar-refractivity contribution in [1.29, 1.82) is 5.26 Å². The van der Waals surface area contributed by atoms with Gasteiger partial charge in [-0.3, -0.25) is 9.59 Å². The molecule has 1 amide bonds. The van der Waals surface area contributed by atoms with Crippen LogP contribution in [-0.4, -0.2) is 22.3 Å². The van der Waals surface area contributed by atoms with E-state index in [1.54, 1.807) is 11.0 Å². The molecule has 1 aliphatic heterocycles. The van der Waals surface area contributed by atoms with E-state index in [0.717, 1.165) is 16.8 Å². The van der Waals surface area contributed by atoms with Crippen LogP contribution in [0.3, 0.4) is 0 Å². The summed E-state index contributed by atoms with van der Waals surface area (Å²) >= 11 is 5.96. The maximum absolute atomic E-state index is 12.4. The molecule has 1 N–H and O–H groups in total. The third kappa shape index (κ3) is 3.50. The summed E-state index contributed by atoms with van der Waals surface area (Å²) in [5.41, 5.74) is 2.41. The number of carbonyl (C=O) groups is 1. The molecular formula is C18H16ClN3O2. The molecule has 0 radical (unpaired) electrons. The maximum atomic E-state index is 12.4. The number of pyridine rings is 1. The molecule has 0 atom stereocenters. The molecule has 0 aliphatic carbocycles. The van der Waals surface area contributed by atoms with Crippen molar-refractivity contribution in [3.05, 3.63) is 68.1 Å². The van der Waals surface area contributed by atoms with Crippen LogP contribution in [0.2, 0.25) is 5.02 Å². The minimum atomic E-state index is -0.364. The number of amides is 1. The fourth-order valence-electron chi connectivity index (χ4n) is 2.90. The van der Waals surface area contributed by atoms with Gasteiger partial charge in [-0.25, -0.2) is 0 Å². The van der Waals surface area contributed by atoms with Crippen molar-refractivity contribution in [2.75, 3.05) is 6.54 Å². The number of aromatic amines is 1. The van der Waals surface area contributed by atoms with Gasteiger partial charge in [-0.05, 0) is 35.7 Å². The number of nitriles is 1. The minimum absolute atomic E-state index is 0.0605. The molecule has 0 unspecified atom stereocenters. The first-order valence-electron chi connectivity index (χ1n) is 7.74. The quantitative estimate of drug-likeness (QED) is 0.931. The number of benzene rings is 1. The van der Waals surface area contributed by atoms with Crippen LogP contribution in [0.25, 0.3) is 0 Å². The summed E-state index contributed by atoms with van der Waals surface area (Å²) in [5, 5.41) is 9.63. The Kier molecular flexibility index (Phi) is 4.68. The number of hydrogen-bond acceptors (Lipinski definition) is 3. The van der Waals surface area contributed by atoms with Crippen molar-refractivity contribution >= 4 is 17.5 Å². The van der Waals surface area contributed by atoms with Crippen LogP contribution in [0.1, 0.15) is 28.8 Å². The average molecular weight is 342 g/mol. The number of rotatable bonds is 3. The molecule has 1 aromatic carbocycles. The van der Waals surface area contributed by atoms with Gasteiger partial charge in [0, 0.05) is 36.6 Å². The first kappa shape index (κ1) is 16.3. The van der Waals surface area contributed by atoms with Crippen molar-refractivity contribution in [2.45, 2.75) is 25.8 Å². The lowest BCUT2D eigenvalue weighted by Crippen LogP contribution is -2.37. The second kappa shape index (κ2) is 6.90. The fraction of sp³-hybridized carbons (Fsp3) is 0.278.